The minimum Gasteiger partial charge on any atom is -0.478 e. The third-order valence-corrected chi connectivity index (χ3v) is 4.80. The molecule has 0 bridgehead atoms. The fourth-order valence-corrected chi connectivity index (χ4v) is 3.25. The molecule has 8 heteroatoms. The lowest BCUT2D eigenvalue weighted by Crippen LogP contribution is -2.40. The average Bonchev–Trinajstić information content (AvgIpc) is 3.25. The van der Waals surface area contributed by atoms with Gasteiger partial charge >= 0.3 is 11.9 Å². The van der Waals surface area contributed by atoms with Crippen LogP contribution in [-0.2, 0) is 19.1 Å². The summed E-state index contributed by atoms with van der Waals surface area (Å²) < 4.78 is 25.5. The number of aliphatic carboxylic acids is 2. The van der Waals surface area contributed by atoms with Crippen LogP contribution in [0.5, 0.6) is 0 Å². The number of allylic oxidation sites excluding steroid dienone is 2. The van der Waals surface area contributed by atoms with E-state index in [9.17, 15) is 14.0 Å². The molecular formula is C22H26FNO6. The summed E-state index contributed by atoms with van der Waals surface area (Å²) in [4.78, 5) is 19.1. The molecule has 162 valence electrons. The van der Waals surface area contributed by atoms with Gasteiger partial charge in [0, 0.05) is 32.2 Å². The van der Waals surface area contributed by atoms with Crippen LogP contribution in [0.3, 0.4) is 0 Å². The Morgan fingerprint density at radius 2 is 2.03 bits per heavy atom. The number of ether oxygens (including phenoxy) is 2. The molecule has 1 aliphatic heterocycles. The van der Waals surface area contributed by atoms with E-state index in [0.29, 0.717) is 18.8 Å². The van der Waals surface area contributed by atoms with Crippen LogP contribution < -0.4 is 5.32 Å². The summed E-state index contributed by atoms with van der Waals surface area (Å²) in [6.07, 6.45) is 9.16. The molecule has 0 saturated carbocycles. The maximum atomic E-state index is 13.6. The zero-order chi connectivity index (χ0) is 22.0. The van der Waals surface area contributed by atoms with E-state index in [1.54, 1.807) is 19.2 Å². The predicted octanol–water partition coefficient (Wildman–Crippen LogP) is 2.64. The van der Waals surface area contributed by atoms with Crippen molar-refractivity contribution in [1.82, 2.24) is 5.32 Å². The van der Waals surface area contributed by atoms with E-state index < -0.39 is 17.5 Å². The van der Waals surface area contributed by atoms with Gasteiger partial charge in [0.2, 0.25) is 0 Å². The van der Waals surface area contributed by atoms with Crippen molar-refractivity contribution in [1.29, 1.82) is 0 Å². The third-order valence-electron chi connectivity index (χ3n) is 4.80. The summed E-state index contributed by atoms with van der Waals surface area (Å²) >= 11 is 0. The first-order valence-corrected chi connectivity index (χ1v) is 9.51. The van der Waals surface area contributed by atoms with Gasteiger partial charge in [0.1, 0.15) is 11.4 Å². The van der Waals surface area contributed by atoms with E-state index in [1.165, 1.54) is 6.07 Å². The van der Waals surface area contributed by atoms with E-state index in [1.807, 2.05) is 18.2 Å². The zero-order valence-electron chi connectivity index (χ0n) is 16.7. The molecular weight excluding hydrogens is 393 g/mol. The number of methoxy groups -OCH3 is 1. The Balaban J connectivity index is 0.000000343. The number of rotatable bonds is 7. The number of carbonyl (C=O) groups is 2. The molecule has 1 unspecified atom stereocenters. The fraction of sp³-hybridized carbons (Fsp3) is 0.364. The number of carboxylic acids is 2. The second-order valence-electron chi connectivity index (χ2n) is 6.86. The van der Waals surface area contributed by atoms with Crippen molar-refractivity contribution in [2.75, 3.05) is 26.8 Å². The molecule has 1 heterocycles. The number of hydrogen-bond donors (Lipinski definition) is 3. The summed E-state index contributed by atoms with van der Waals surface area (Å²) in [6.45, 7) is 2.36. The molecule has 2 aliphatic rings. The monoisotopic (exact) mass is 419 g/mol. The summed E-state index contributed by atoms with van der Waals surface area (Å²) in [5.74, 6) is -2.75. The minimum atomic E-state index is -1.26. The van der Waals surface area contributed by atoms with Crippen molar-refractivity contribution >= 4 is 17.5 Å². The molecule has 0 amide bonds. The SMILES string of the molecule is COC1(CO[C@H]2CCNC2)CC=CC=C1c1cccc(F)c1.O=C(O)C=CC(=O)O. The quantitative estimate of drug-likeness (QED) is 0.584. The number of hydrogen-bond acceptors (Lipinski definition) is 5. The highest BCUT2D eigenvalue weighted by atomic mass is 19.1. The van der Waals surface area contributed by atoms with E-state index in [-0.39, 0.29) is 11.9 Å². The van der Waals surface area contributed by atoms with Crippen molar-refractivity contribution in [3.05, 3.63) is 66.0 Å². The van der Waals surface area contributed by atoms with Crippen molar-refractivity contribution in [3.8, 4) is 0 Å². The van der Waals surface area contributed by atoms with Crippen LogP contribution in [-0.4, -0.2) is 60.7 Å². The molecule has 3 rings (SSSR count). The third kappa shape index (κ3) is 6.91. The standard InChI is InChI=1S/C18H22FNO2.C4H4O4/c1-21-18(13-22-16-8-10-20-12-16)9-3-2-7-17(18)14-5-4-6-15(19)11-14;5-3(6)1-2-4(7)8/h2-7,11,16,20H,8-10,12-13H2,1H3;1-2H,(H,5,6)(H,7,8)/t16-,18?;/m0./s1. The number of nitrogens with one attached hydrogen (secondary N) is 1. The van der Waals surface area contributed by atoms with E-state index in [4.69, 9.17) is 19.7 Å². The highest BCUT2D eigenvalue weighted by Crippen LogP contribution is 2.37. The molecule has 30 heavy (non-hydrogen) atoms. The molecule has 0 spiro atoms. The first-order chi connectivity index (χ1) is 14.4. The molecule has 3 N–H and O–H groups in total. The number of halogens is 1. The van der Waals surface area contributed by atoms with Crippen LogP contribution in [0.25, 0.3) is 5.57 Å². The van der Waals surface area contributed by atoms with Crippen LogP contribution in [0.1, 0.15) is 18.4 Å². The van der Waals surface area contributed by atoms with Crippen molar-refractivity contribution in [2.45, 2.75) is 24.5 Å². The average molecular weight is 419 g/mol. The second-order valence-corrected chi connectivity index (χ2v) is 6.86. The Bertz CT molecular complexity index is 813. The fourth-order valence-electron chi connectivity index (χ4n) is 3.25. The van der Waals surface area contributed by atoms with Crippen LogP contribution in [0.4, 0.5) is 4.39 Å². The van der Waals surface area contributed by atoms with Gasteiger partial charge in [-0.15, -0.1) is 0 Å². The van der Waals surface area contributed by atoms with E-state index in [0.717, 1.165) is 37.1 Å². The molecule has 7 nitrogen and oxygen atoms in total. The van der Waals surface area contributed by atoms with Crippen molar-refractivity contribution < 1.29 is 33.7 Å². The second kappa shape index (κ2) is 11.4. The van der Waals surface area contributed by atoms with Gasteiger partial charge < -0.3 is 25.0 Å². The van der Waals surface area contributed by atoms with Crippen LogP contribution in [0, 0.1) is 5.82 Å². The highest BCUT2D eigenvalue weighted by Gasteiger charge is 2.37. The first-order valence-electron chi connectivity index (χ1n) is 9.51. The van der Waals surface area contributed by atoms with Gasteiger partial charge in [-0.05, 0) is 36.2 Å². The summed E-state index contributed by atoms with van der Waals surface area (Å²) in [7, 11) is 1.70. The molecule has 1 aromatic carbocycles. The Labute approximate surface area is 174 Å². The molecule has 2 atom stereocenters. The Hall–Kier alpha value is -2.81. The Kier molecular flexibility index (Phi) is 8.91. The minimum absolute atomic E-state index is 0.228. The van der Waals surface area contributed by atoms with Crippen molar-refractivity contribution in [3.63, 3.8) is 0 Å². The lowest BCUT2D eigenvalue weighted by Gasteiger charge is -2.36. The van der Waals surface area contributed by atoms with Crippen molar-refractivity contribution in [2.24, 2.45) is 0 Å². The van der Waals surface area contributed by atoms with Gasteiger partial charge in [0.25, 0.3) is 0 Å². The largest absolute Gasteiger partial charge is 0.478 e. The van der Waals surface area contributed by atoms with Crippen LogP contribution in [0.15, 0.2) is 54.6 Å². The lowest BCUT2D eigenvalue weighted by molar-refractivity contribution is -0.134. The van der Waals surface area contributed by atoms with Gasteiger partial charge in [-0.25, -0.2) is 14.0 Å². The van der Waals surface area contributed by atoms with Gasteiger partial charge in [0.05, 0.1) is 12.7 Å². The summed E-state index contributed by atoms with van der Waals surface area (Å²) in [5, 5.41) is 18.9. The normalized spacial score (nSPS) is 23.0. The highest BCUT2D eigenvalue weighted by molar-refractivity contribution is 5.89. The number of carboxylic acid groups (broad SMARTS) is 2. The Morgan fingerprint density at radius 1 is 1.30 bits per heavy atom. The first kappa shape index (κ1) is 23.5. The molecule has 0 radical (unpaired) electrons. The molecule has 0 aromatic heterocycles. The lowest BCUT2D eigenvalue weighted by atomic mass is 9.82. The summed E-state index contributed by atoms with van der Waals surface area (Å²) in [5.41, 5.74) is 1.27. The molecule has 1 saturated heterocycles. The summed E-state index contributed by atoms with van der Waals surface area (Å²) in [6, 6.07) is 6.65. The zero-order valence-corrected chi connectivity index (χ0v) is 16.7. The smallest absolute Gasteiger partial charge is 0.328 e. The Morgan fingerprint density at radius 3 is 2.60 bits per heavy atom. The van der Waals surface area contributed by atoms with E-state index >= 15 is 0 Å². The maximum Gasteiger partial charge on any atom is 0.328 e. The van der Waals surface area contributed by atoms with Crippen LogP contribution in [0.2, 0.25) is 0 Å². The predicted molar refractivity (Wildman–Crippen MR) is 110 cm³/mol. The van der Waals surface area contributed by atoms with E-state index in [2.05, 4.69) is 11.4 Å². The molecule has 1 aromatic rings. The number of benzene rings is 1. The molecule has 1 aliphatic carbocycles. The van der Waals surface area contributed by atoms with Gasteiger partial charge in [-0.2, -0.15) is 0 Å². The topological polar surface area (TPSA) is 105 Å². The van der Waals surface area contributed by atoms with Crippen LogP contribution >= 0.6 is 0 Å². The van der Waals surface area contributed by atoms with Gasteiger partial charge in [-0.1, -0.05) is 30.4 Å². The molecule has 1 fully saturated rings. The maximum absolute atomic E-state index is 13.6. The van der Waals surface area contributed by atoms with Gasteiger partial charge in [-0.3, -0.25) is 0 Å². The van der Waals surface area contributed by atoms with Gasteiger partial charge in [0.15, 0.2) is 0 Å².